The van der Waals surface area contributed by atoms with E-state index in [1.165, 1.54) is 5.56 Å². The molecular formula is C16H28N4OS. The Bertz CT molecular complexity index is 445. The molecule has 0 fully saturated rings. The molecule has 1 rings (SSSR count). The quantitative estimate of drug-likeness (QED) is 0.482. The Morgan fingerprint density at radius 2 is 2.09 bits per heavy atom. The van der Waals surface area contributed by atoms with Crippen LogP contribution in [0.1, 0.15) is 45.1 Å². The average Bonchev–Trinajstić information content (AvgIpc) is 3.04. The Morgan fingerprint density at radius 1 is 1.27 bits per heavy atom. The van der Waals surface area contributed by atoms with E-state index >= 15 is 0 Å². The van der Waals surface area contributed by atoms with Gasteiger partial charge in [-0.25, -0.2) is 0 Å². The predicted octanol–water partition coefficient (Wildman–Crippen LogP) is 2.32. The fourth-order valence-electron chi connectivity index (χ4n) is 1.88. The van der Waals surface area contributed by atoms with Gasteiger partial charge in [-0.05, 0) is 35.7 Å². The van der Waals surface area contributed by atoms with E-state index in [0.717, 1.165) is 32.0 Å². The van der Waals surface area contributed by atoms with Crippen LogP contribution in [0.25, 0.3) is 0 Å². The molecule has 0 saturated heterocycles. The lowest BCUT2D eigenvalue weighted by Crippen LogP contribution is -2.39. The van der Waals surface area contributed by atoms with Gasteiger partial charge in [0, 0.05) is 38.5 Å². The molecule has 6 heteroatoms. The standard InChI is InChI=1S/C16H28N4OS/c1-4-8-18-15(21)6-9-19-16(17-5-2)20-11-13(3)14-7-10-22-12-14/h7,10,12-13H,4-6,8-9,11H2,1-3H3,(H,18,21)(H2,17,19,20). The SMILES string of the molecule is CCCNC(=O)CCNC(=NCC(C)c1ccsc1)NCC. The van der Waals surface area contributed by atoms with Crippen molar-refractivity contribution in [3.8, 4) is 0 Å². The summed E-state index contributed by atoms with van der Waals surface area (Å²) in [5.74, 6) is 1.25. The van der Waals surface area contributed by atoms with Crippen LogP contribution in [-0.2, 0) is 4.79 Å². The van der Waals surface area contributed by atoms with Crippen molar-refractivity contribution < 1.29 is 4.79 Å². The number of thiophene rings is 1. The zero-order chi connectivity index (χ0) is 16.2. The number of carbonyl (C=O) groups is 1. The van der Waals surface area contributed by atoms with Gasteiger partial charge >= 0.3 is 0 Å². The molecule has 0 radical (unpaired) electrons. The van der Waals surface area contributed by atoms with E-state index in [0.29, 0.717) is 18.9 Å². The van der Waals surface area contributed by atoms with E-state index in [1.807, 2.05) is 13.8 Å². The number of nitrogens with one attached hydrogen (secondary N) is 3. The van der Waals surface area contributed by atoms with Crippen LogP contribution in [0.15, 0.2) is 21.8 Å². The van der Waals surface area contributed by atoms with Crippen molar-refractivity contribution in [3.63, 3.8) is 0 Å². The molecule has 3 N–H and O–H groups in total. The highest BCUT2D eigenvalue weighted by atomic mass is 32.1. The summed E-state index contributed by atoms with van der Waals surface area (Å²) in [4.78, 5) is 16.1. The van der Waals surface area contributed by atoms with Gasteiger partial charge in [-0.1, -0.05) is 13.8 Å². The summed E-state index contributed by atoms with van der Waals surface area (Å²) < 4.78 is 0. The summed E-state index contributed by atoms with van der Waals surface area (Å²) in [5.41, 5.74) is 1.32. The van der Waals surface area contributed by atoms with Crippen LogP contribution in [0, 0.1) is 0 Å². The lowest BCUT2D eigenvalue weighted by atomic mass is 10.1. The molecule has 1 aromatic rings. The molecule has 1 heterocycles. The monoisotopic (exact) mass is 324 g/mol. The predicted molar refractivity (Wildman–Crippen MR) is 94.6 cm³/mol. The van der Waals surface area contributed by atoms with Crippen molar-refractivity contribution in [2.75, 3.05) is 26.2 Å². The highest BCUT2D eigenvalue weighted by Crippen LogP contribution is 2.18. The van der Waals surface area contributed by atoms with E-state index in [1.54, 1.807) is 11.3 Å². The number of nitrogens with zero attached hydrogens (tertiary/aromatic N) is 1. The topological polar surface area (TPSA) is 65.5 Å². The van der Waals surface area contributed by atoms with Crippen LogP contribution in [0.2, 0.25) is 0 Å². The third kappa shape index (κ3) is 7.45. The maximum absolute atomic E-state index is 11.6. The summed E-state index contributed by atoms with van der Waals surface area (Å²) in [5, 5.41) is 13.5. The van der Waals surface area contributed by atoms with Crippen molar-refractivity contribution in [1.29, 1.82) is 0 Å². The summed E-state index contributed by atoms with van der Waals surface area (Å²) >= 11 is 1.71. The molecule has 0 aliphatic heterocycles. The fraction of sp³-hybridized carbons (Fsp3) is 0.625. The van der Waals surface area contributed by atoms with Gasteiger partial charge < -0.3 is 16.0 Å². The van der Waals surface area contributed by atoms with Crippen molar-refractivity contribution in [2.24, 2.45) is 4.99 Å². The van der Waals surface area contributed by atoms with Crippen molar-refractivity contribution >= 4 is 23.2 Å². The van der Waals surface area contributed by atoms with Crippen LogP contribution in [0.4, 0.5) is 0 Å². The normalized spacial score (nSPS) is 12.8. The molecule has 0 aliphatic rings. The number of rotatable bonds is 9. The van der Waals surface area contributed by atoms with Crippen LogP contribution >= 0.6 is 11.3 Å². The second-order valence-electron chi connectivity index (χ2n) is 5.20. The average molecular weight is 324 g/mol. The lowest BCUT2D eigenvalue weighted by molar-refractivity contribution is -0.120. The molecular weight excluding hydrogens is 296 g/mol. The van der Waals surface area contributed by atoms with Crippen molar-refractivity contribution in [2.45, 2.75) is 39.5 Å². The number of hydrogen-bond acceptors (Lipinski definition) is 3. The minimum atomic E-state index is 0.0804. The van der Waals surface area contributed by atoms with Crippen LogP contribution in [0.3, 0.4) is 0 Å². The smallest absolute Gasteiger partial charge is 0.221 e. The highest BCUT2D eigenvalue weighted by molar-refractivity contribution is 7.07. The molecule has 0 spiro atoms. The largest absolute Gasteiger partial charge is 0.357 e. The number of guanidine groups is 1. The van der Waals surface area contributed by atoms with Gasteiger partial charge in [0.15, 0.2) is 5.96 Å². The van der Waals surface area contributed by atoms with Gasteiger partial charge in [-0.15, -0.1) is 0 Å². The fourth-order valence-corrected chi connectivity index (χ4v) is 2.66. The van der Waals surface area contributed by atoms with Gasteiger partial charge in [-0.3, -0.25) is 9.79 Å². The molecule has 0 bridgehead atoms. The first-order valence-corrected chi connectivity index (χ1v) is 8.92. The Balaban J connectivity index is 2.37. The Labute approximate surface area is 137 Å². The Morgan fingerprint density at radius 3 is 2.73 bits per heavy atom. The summed E-state index contributed by atoms with van der Waals surface area (Å²) in [6, 6.07) is 2.14. The first-order chi connectivity index (χ1) is 10.7. The first kappa shape index (κ1) is 18.5. The van der Waals surface area contributed by atoms with Crippen LogP contribution in [-0.4, -0.2) is 38.0 Å². The number of aliphatic imine (C=N–C) groups is 1. The number of carbonyl (C=O) groups excluding carboxylic acids is 1. The zero-order valence-electron chi connectivity index (χ0n) is 13.8. The van der Waals surface area contributed by atoms with E-state index in [-0.39, 0.29) is 5.91 Å². The second-order valence-corrected chi connectivity index (χ2v) is 5.98. The molecule has 0 aromatic carbocycles. The first-order valence-electron chi connectivity index (χ1n) is 7.98. The third-order valence-electron chi connectivity index (χ3n) is 3.20. The van der Waals surface area contributed by atoms with Crippen LogP contribution < -0.4 is 16.0 Å². The van der Waals surface area contributed by atoms with Crippen LogP contribution in [0.5, 0.6) is 0 Å². The van der Waals surface area contributed by atoms with Gasteiger partial charge in [0.05, 0.1) is 0 Å². The van der Waals surface area contributed by atoms with E-state index < -0.39 is 0 Å². The van der Waals surface area contributed by atoms with Gasteiger partial charge in [0.25, 0.3) is 0 Å². The van der Waals surface area contributed by atoms with Gasteiger partial charge in [0.2, 0.25) is 5.91 Å². The van der Waals surface area contributed by atoms with Crippen molar-refractivity contribution in [3.05, 3.63) is 22.4 Å². The zero-order valence-corrected chi connectivity index (χ0v) is 14.6. The van der Waals surface area contributed by atoms with Gasteiger partial charge in [0.1, 0.15) is 0 Å². The van der Waals surface area contributed by atoms with Crippen molar-refractivity contribution in [1.82, 2.24) is 16.0 Å². The molecule has 1 amide bonds. The minimum absolute atomic E-state index is 0.0804. The second kappa shape index (κ2) is 11.1. The minimum Gasteiger partial charge on any atom is -0.357 e. The molecule has 1 aromatic heterocycles. The Kier molecular flexibility index (Phi) is 9.30. The number of amides is 1. The molecule has 0 saturated carbocycles. The molecule has 0 aliphatic carbocycles. The molecule has 1 atom stereocenters. The van der Waals surface area contributed by atoms with E-state index in [2.05, 4.69) is 44.7 Å². The summed E-state index contributed by atoms with van der Waals surface area (Å²) in [6.45, 7) is 9.12. The summed E-state index contributed by atoms with van der Waals surface area (Å²) in [6.07, 6.45) is 1.42. The third-order valence-corrected chi connectivity index (χ3v) is 3.90. The molecule has 22 heavy (non-hydrogen) atoms. The Hall–Kier alpha value is -1.56. The summed E-state index contributed by atoms with van der Waals surface area (Å²) in [7, 11) is 0. The highest BCUT2D eigenvalue weighted by Gasteiger charge is 2.06. The number of hydrogen-bond donors (Lipinski definition) is 3. The van der Waals surface area contributed by atoms with E-state index in [4.69, 9.17) is 0 Å². The lowest BCUT2D eigenvalue weighted by Gasteiger charge is -2.13. The van der Waals surface area contributed by atoms with Gasteiger partial charge in [-0.2, -0.15) is 11.3 Å². The molecule has 1 unspecified atom stereocenters. The maximum Gasteiger partial charge on any atom is 0.221 e. The maximum atomic E-state index is 11.6. The molecule has 5 nitrogen and oxygen atoms in total. The van der Waals surface area contributed by atoms with E-state index in [9.17, 15) is 4.79 Å². The molecule has 124 valence electrons.